The Hall–Kier alpha value is -3.32. The molecule has 1 fully saturated rings. The van der Waals surface area contributed by atoms with E-state index < -0.39 is 0 Å². The lowest BCUT2D eigenvalue weighted by Crippen LogP contribution is -2.42. The molecule has 0 unspecified atom stereocenters. The van der Waals surface area contributed by atoms with E-state index in [1.54, 1.807) is 13.0 Å². The van der Waals surface area contributed by atoms with Gasteiger partial charge >= 0.3 is 5.97 Å². The molecule has 3 rings (SSSR count). The fourth-order valence-electron chi connectivity index (χ4n) is 3.62. The van der Waals surface area contributed by atoms with E-state index in [4.69, 9.17) is 14.2 Å². The van der Waals surface area contributed by atoms with Crippen LogP contribution in [0.1, 0.15) is 32.3 Å². The summed E-state index contributed by atoms with van der Waals surface area (Å²) in [6.45, 7) is 6.60. The van der Waals surface area contributed by atoms with Crippen LogP contribution in [-0.2, 0) is 14.3 Å². The number of anilines is 1. The van der Waals surface area contributed by atoms with E-state index in [1.165, 1.54) is 6.08 Å². The van der Waals surface area contributed by atoms with Crippen LogP contribution in [0.4, 0.5) is 5.69 Å². The van der Waals surface area contributed by atoms with Crippen LogP contribution in [-0.4, -0.2) is 55.7 Å². The number of hydrogen-bond acceptors (Lipinski definition) is 6. The molecule has 1 saturated heterocycles. The van der Waals surface area contributed by atoms with Gasteiger partial charge in [0.2, 0.25) is 5.91 Å². The third kappa shape index (κ3) is 7.95. The number of amides is 1. The summed E-state index contributed by atoms with van der Waals surface area (Å²) >= 11 is 0. The maximum absolute atomic E-state index is 12.5. The zero-order valence-corrected chi connectivity index (χ0v) is 19.3. The second-order valence-electron chi connectivity index (χ2n) is 7.73. The first-order valence-electron chi connectivity index (χ1n) is 11.4. The van der Waals surface area contributed by atoms with Crippen LogP contribution in [0.25, 0.3) is 6.08 Å². The first-order chi connectivity index (χ1) is 16.1. The lowest BCUT2D eigenvalue weighted by atomic mass is 10.1. The van der Waals surface area contributed by atoms with E-state index in [-0.39, 0.29) is 18.0 Å². The number of nitrogens with zero attached hydrogens (tertiary/aromatic N) is 1. The van der Waals surface area contributed by atoms with Gasteiger partial charge in [-0.25, -0.2) is 4.79 Å². The number of hydrogen-bond donors (Lipinski definition) is 1. The number of carbonyl (C=O) groups is 2. The van der Waals surface area contributed by atoms with Gasteiger partial charge in [-0.05, 0) is 62.6 Å². The quantitative estimate of drug-likeness (QED) is 0.431. The van der Waals surface area contributed by atoms with Crippen molar-refractivity contribution in [1.29, 1.82) is 0 Å². The second kappa shape index (κ2) is 12.6. The van der Waals surface area contributed by atoms with Gasteiger partial charge in [-0.3, -0.25) is 9.69 Å². The van der Waals surface area contributed by atoms with E-state index >= 15 is 0 Å². The van der Waals surface area contributed by atoms with Crippen molar-refractivity contribution in [2.75, 3.05) is 38.2 Å². The predicted molar refractivity (Wildman–Crippen MR) is 128 cm³/mol. The predicted octanol–water partition coefficient (Wildman–Crippen LogP) is 4.14. The number of esters is 1. The molecular weight excluding hydrogens is 420 g/mol. The summed E-state index contributed by atoms with van der Waals surface area (Å²) in [5.74, 6) is 1.12. The molecule has 0 saturated carbocycles. The van der Waals surface area contributed by atoms with E-state index in [9.17, 15) is 9.59 Å². The summed E-state index contributed by atoms with van der Waals surface area (Å²) in [7, 11) is 0. The van der Waals surface area contributed by atoms with Gasteiger partial charge in [0.15, 0.2) is 11.5 Å². The molecule has 0 aromatic heterocycles. The minimum atomic E-state index is -0.373. The third-order valence-corrected chi connectivity index (χ3v) is 5.24. The number of likely N-dealkylation sites (tertiary alicyclic amines) is 1. The average molecular weight is 453 g/mol. The summed E-state index contributed by atoms with van der Waals surface area (Å²) in [5.41, 5.74) is 1.58. The van der Waals surface area contributed by atoms with E-state index in [0.29, 0.717) is 19.8 Å². The molecule has 1 heterocycles. The number of benzene rings is 2. The highest BCUT2D eigenvalue weighted by Gasteiger charge is 2.23. The van der Waals surface area contributed by atoms with E-state index in [2.05, 4.69) is 10.2 Å². The largest absolute Gasteiger partial charge is 0.490 e. The standard InChI is InChI=1S/C26H32N2O5/c1-3-31-23-7-5-6-8-24(23)33-22-15-17-28(18-16-22)19-25(29)27-21-12-9-20(10-13-21)11-14-26(30)32-4-2/h5-14,22H,3-4,15-19H2,1-2H3,(H,27,29)/b14-11+. The van der Waals surface area contributed by atoms with Crippen molar-refractivity contribution >= 4 is 23.6 Å². The molecule has 33 heavy (non-hydrogen) atoms. The monoisotopic (exact) mass is 452 g/mol. The molecule has 1 N–H and O–H groups in total. The first kappa shape index (κ1) is 24.3. The Morgan fingerprint density at radius 3 is 2.36 bits per heavy atom. The fourth-order valence-corrected chi connectivity index (χ4v) is 3.62. The van der Waals surface area contributed by atoms with Crippen LogP contribution in [0, 0.1) is 0 Å². The Morgan fingerprint density at radius 2 is 1.70 bits per heavy atom. The second-order valence-corrected chi connectivity index (χ2v) is 7.73. The van der Waals surface area contributed by atoms with Gasteiger partial charge < -0.3 is 19.5 Å². The first-order valence-corrected chi connectivity index (χ1v) is 11.4. The molecule has 7 heteroatoms. The molecule has 7 nitrogen and oxygen atoms in total. The zero-order chi connectivity index (χ0) is 23.5. The minimum Gasteiger partial charge on any atom is -0.490 e. The third-order valence-electron chi connectivity index (χ3n) is 5.24. The van der Waals surface area contributed by atoms with E-state index in [1.807, 2.05) is 55.5 Å². The minimum absolute atomic E-state index is 0.0501. The van der Waals surface area contributed by atoms with Gasteiger partial charge in [0.05, 0.1) is 19.8 Å². The van der Waals surface area contributed by atoms with Gasteiger partial charge in [0.25, 0.3) is 0 Å². The van der Waals surface area contributed by atoms with Gasteiger partial charge in [-0.2, -0.15) is 0 Å². The summed E-state index contributed by atoms with van der Waals surface area (Å²) in [5, 5.41) is 2.93. The molecule has 1 aliphatic rings. The molecule has 2 aromatic carbocycles. The van der Waals surface area contributed by atoms with Crippen LogP contribution in [0.15, 0.2) is 54.6 Å². The van der Waals surface area contributed by atoms with Crippen LogP contribution in [0.3, 0.4) is 0 Å². The topological polar surface area (TPSA) is 77.1 Å². The molecular formula is C26H32N2O5. The molecule has 1 aliphatic heterocycles. The van der Waals surface area contributed by atoms with Crippen LogP contribution in [0.5, 0.6) is 11.5 Å². The molecule has 0 atom stereocenters. The van der Waals surface area contributed by atoms with Crippen LogP contribution in [0.2, 0.25) is 0 Å². The Kier molecular flexibility index (Phi) is 9.32. The number of rotatable bonds is 10. The van der Waals surface area contributed by atoms with Gasteiger partial charge in [0.1, 0.15) is 6.10 Å². The van der Waals surface area contributed by atoms with Crippen molar-refractivity contribution in [3.8, 4) is 11.5 Å². The summed E-state index contributed by atoms with van der Waals surface area (Å²) < 4.78 is 16.7. The molecule has 0 bridgehead atoms. The zero-order valence-electron chi connectivity index (χ0n) is 19.3. The summed E-state index contributed by atoms with van der Waals surface area (Å²) in [4.78, 5) is 26.0. The number of ether oxygens (including phenoxy) is 3. The van der Waals surface area contributed by atoms with Crippen molar-refractivity contribution in [3.63, 3.8) is 0 Å². The molecule has 0 radical (unpaired) electrons. The maximum Gasteiger partial charge on any atom is 0.330 e. The van der Waals surface area contributed by atoms with Crippen LogP contribution >= 0.6 is 0 Å². The van der Waals surface area contributed by atoms with Crippen LogP contribution < -0.4 is 14.8 Å². The Balaban J connectivity index is 1.42. The van der Waals surface area contributed by atoms with Gasteiger partial charge in [-0.15, -0.1) is 0 Å². The SMILES string of the molecule is CCOC(=O)/C=C/c1ccc(NC(=O)CN2CCC(Oc3ccccc3OCC)CC2)cc1. The maximum atomic E-state index is 12.5. The van der Waals surface area contributed by atoms with Crippen molar-refractivity contribution < 1.29 is 23.8 Å². The fraction of sp³-hybridized carbons (Fsp3) is 0.385. The number of carbonyl (C=O) groups excluding carboxylic acids is 2. The molecule has 0 aliphatic carbocycles. The number of piperidine rings is 1. The van der Waals surface area contributed by atoms with Crippen molar-refractivity contribution in [2.24, 2.45) is 0 Å². The van der Waals surface area contributed by atoms with Crippen molar-refractivity contribution in [3.05, 3.63) is 60.2 Å². The molecule has 0 spiro atoms. The highest BCUT2D eigenvalue weighted by molar-refractivity contribution is 5.92. The summed E-state index contributed by atoms with van der Waals surface area (Å²) in [6, 6.07) is 15.1. The highest BCUT2D eigenvalue weighted by atomic mass is 16.5. The average Bonchev–Trinajstić information content (AvgIpc) is 2.81. The number of nitrogens with one attached hydrogen (secondary N) is 1. The lowest BCUT2D eigenvalue weighted by Gasteiger charge is -2.32. The van der Waals surface area contributed by atoms with Gasteiger partial charge in [0, 0.05) is 24.9 Å². The smallest absolute Gasteiger partial charge is 0.330 e. The Bertz CT molecular complexity index is 934. The van der Waals surface area contributed by atoms with Gasteiger partial charge in [-0.1, -0.05) is 24.3 Å². The summed E-state index contributed by atoms with van der Waals surface area (Å²) in [6.07, 6.45) is 4.90. The Labute approximate surface area is 195 Å². The van der Waals surface area contributed by atoms with E-state index in [0.717, 1.165) is 48.7 Å². The lowest BCUT2D eigenvalue weighted by molar-refractivity contribution is -0.137. The highest BCUT2D eigenvalue weighted by Crippen LogP contribution is 2.29. The van der Waals surface area contributed by atoms with Crippen molar-refractivity contribution in [2.45, 2.75) is 32.8 Å². The number of para-hydroxylation sites is 2. The molecule has 176 valence electrons. The Morgan fingerprint density at radius 1 is 1.00 bits per heavy atom. The van der Waals surface area contributed by atoms with Crippen molar-refractivity contribution in [1.82, 2.24) is 4.90 Å². The normalized spacial score (nSPS) is 14.7. The molecule has 1 amide bonds. The molecule has 2 aromatic rings.